The molecular weight excluding hydrogens is 352 g/mol. The van der Waals surface area contributed by atoms with E-state index in [1.54, 1.807) is 24.3 Å². The Hall–Kier alpha value is -2.67. The van der Waals surface area contributed by atoms with E-state index in [1.165, 1.54) is 33.6 Å². The zero-order valence-electron chi connectivity index (χ0n) is 14.3. The third kappa shape index (κ3) is 2.99. The van der Waals surface area contributed by atoms with E-state index >= 15 is 0 Å². The Labute approximate surface area is 154 Å². The van der Waals surface area contributed by atoms with Crippen molar-refractivity contribution in [1.29, 1.82) is 0 Å². The molecule has 6 nitrogen and oxygen atoms in total. The Morgan fingerprint density at radius 1 is 1.27 bits per heavy atom. The van der Waals surface area contributed by atoms with Crippen LogP contribution in [0.25, 0.3) is 0 Å². The molecule has 7 heteroatoms. The number of anilines is 2. The zero-order valence-corrected chi connectivity index (χ0v) is 15.1. The second-order valence-corrected chi connectivity index (χ2v) is 7.59. The molecule has 2 amide bonds. The molecule has 0 saturated heterocycles. The van der Waals surface area contributed by atoms with E-state index in [0.717, 1.165) is 19.3 Å². The molecule has 1 aromatic heterocycles. The van der Waals surface area contributed by atoms with E-state index in [2.05, 4.69) is 5.32 Å². The summed E-state index contributed by atoms with van der Waals surface area (Å²) in [4.78, 5) is 40.2. The van der Waals surface area contributed by atoms with Crippen molar-refractivity contribution in [2.75, 3.05) is 16.8 Å². The summed E-state index contributed by atoms with van der Waals surface area (Å²) in [6.07, 6.45) is 2.15. The molecule has 4 rings (SSSR count). The van der Waals surface area contributed by atoms with Gasteiger partial charge < -0.3 is 10.1 Å². The van der Waals surface area contributed by atoms with E-state index in [1.807, 2.05) is 6.07 Å². The van der Waals surface area contributed by atoms with Gasteiger partial charge in [0.15, 0.2) is 6.10 Å². The van der Waals surface area contributed by atoms with Crippen LogP contribution in [0.3, 0.4) is 0 Å². The summed E-state index contributed by atoms with van der Waals surface area (Å²) in [6, 6.07) is 8.94. The number of aryl methyl sites for hydroxylation is 2. The lowest BCUT2D eigenvalue weighted by atomic mass is 10.1. The van der Waals surface area contributed by atoms with Crippen LogP contribution in [0.5, 0.6) is 0 Å². The van der Waals surface area contributed by atoms with Gasteiger partial charge in [0.25, 0.3) is 5.91 Å². The lowest BCUT2D eigenvalue weighted by Gasteiger charge is -2.30. The van der Waals surface area contributed by atoms with Crippen molar-refractivity contribution in [1.82, 2.24) is 0 Å². The number of para-hydroxylation sites is 2. The standard InChI is InChI=1S/C19H18N2O4S/c1-11(25-19(24)16-9-12-5-4-8-15(12)26-16)18(23)21-10-17(22)20-13-6-2-3-7-14(13)21/h2-3,6-7,9,11H,4-5,8,10H2,1H3,(H,20,22)/t11-/m1/s1. The number of amides is 2. The molecule has 0 unspecified atom stereocenters. The summed E-state index contributed by atoms with van der Waals surface area (Å²) in [5.74, 6) is -1.17. The Morgan fingerprint density at radius 3 is 2.88 bits per heavy atom. The van der Waals surface area contributed by atoms with Gasteiger partial charge in [-0.15, -0.1) is 11.3 Å². The molecular formula is C19H18N2O4S. The molecule has 0 saturated carbocycles. The first-order valence-electron chi connectivity index (χ1n) is 8.56. The van der Waals surface area contributed by atoms with Crippen LogP contribution in [0.1, 0.15) is 33.5 Å². The zero-order chi connectivity index (χ0) is 18.3. The number of hydrogen-bond acceptors (Lipinski definition) is 5. The smallest absolute Gasteiger partial charge is 0.349 e. The first-order chi connectivity index (χ1) is 12.5. The van der Waals surface area contributed by atoms with Crippen molar-refractivity contribution >= 4 is 40.5 Å². The highest BCUT2D eigenvalue weighted by Crippen LogP contribution is 2.32. The van der Waals surface area contributed by atoms with Gasteiger partial charge in [0.05, 0.1) is 11.4 Å². The third-order valence-corrected chi connectivity index (χ3v) is 5.83. The summed E-state index contributed by atoms with van der Waals surface area (Å²) in [6.45, 7) is 1.45. The molecule has 0 bridgehead atoms. The number of hydrogen-bond donors (Lipinski definition) is 1. The van der Waals surface area contributed by atoms with Crippen molar-refractivity contribution in [2.45, 2.75) is 32.3 Å². The number of rotatable bonds is 3. The van der Waals surface area contributed by atoms with Crippen molar-refractivity contribution in [3.63, 3.8) is 0 Å². The van der Waals surface area contributed by atoms with Gasteiger partial charge in [-0.3, -0.25) is 14.5 Å². The van der Waals surface area contributed by atoms with Crippen LogP contribution in [-0.4, -0.2) is 30.4 Å². The predicted molar refractivity (Wildman–Crippen MR) is 98.6 cm³/mol. The minimum atomic E-state index is -0.974. The van der Waals surface area contributed by atoms with Crippen LogP contribution in [-0.2, 0) is 27.2 Å². The predicted octanol–water partition coefficient (Wildman–Crippen LogP) is 2.77. The van der Waals surface area contributed by atoms with Crippen molar-refractivity contribution < 1.29 is 19.1 Å². The summed E-state index contributed by atoms with van der Waals surface area (Å²) < 4.78 is 5.39. The Kier molecular flexibility index (Phi) is 4.24. The number of benzene rings is 1. The van der Waals surface area contributed by atoms with Gasteiger partial charge in [0, 0.05) is 4.88 Å². The molecule has 0 radical (unpaired) electrons. The molecule has 1 atom stereocenters. The van der Waals surface area contributed by atoms with Crippen molar-refractivity contribution in [3.05, 3.63) is 45.6 Å². The topological polar surface area (TPSA) is 75.7 Å². The maximum atomic E-state index is 12.8. The average molecular weight is 370 g/mol. The van der Waals surface area contributed by atoms with E-state index in [4.69, 9.17) is 4.74 Å². The molecule has 0 spiro atoms. The average Bonchev–Trinajstić information content (AvgIpc) is 3.22. The maximum absolute atomic E-state index is 12.8. The van der Waals surface area contributed by atoms with Crippen LogP contribution in [0.15, 0.2) is 30.3 Å². The largest absolute Gasteiger partial charge is 0.448 e. The Bertz CT molecular complexity index is 883. The minimum Gasteiger partial charge on any atom is -0.448 e. The maximum Gasteiger partial charge on any atom is 0.349 e. The molecule has 1 aliphatic carbocycles. The minimum absolute atomic E-state index is 0.0922. The third-order valence-electron chi connectivity index (χ3n) is 4.62. The van der Waals surface area contributed by atoms with Crippen LogP contribution in [0.4, 0.5) is 11.4 Å². The van der Waals surface area contributed by atoms with Gasteiger partial charge in [-0.25, -0.2) is 4.79 Å². The van der Waals surface area contributed by atoms with E-state index in [-0.39, 0.29) is 12.5 Å². The van der Waals surface area contributed by atoms with Gasteiger partial charge in [0.2, 0.25) is 5.91 Å². The molecule has 1 aliphatic heterocycles. The number of carbonyl (C=O) groups is 3. The first-order valence-corrected chi connectivity index (χ1v) is 9.37. The fraction of sp³-hybridized carbons (Fsp3) is 0.316. The SMILES string of the molecule is C[C@@H](OC(=O)c1cc2c(s1)CCC2)C(=O)N1CC(=O)Nc2ccccc21. The molecule has 26 heavy (non-hydrogen) atoms. The van der Waals surface area contributed by atoms with Crippen LogP contribution in [0.2, 0.25) is 0 Å². The van der Waals surface area contributed by atoms with Gasteiger partial charge >= 0.3 is 5.97 Å². The van der Waals surface area contributed by atoms with Gasteiger partial charge in [-0.2, -0.15) is 0 Å². The molecule has 1 N–H and O–H groups in total. The van der Waals surface area contributed by atoms with E-state index in [0.29, 0.717) is 16.3 Å². The van der Waals surface area contributed by atoms with Crippen LogP contribution >= 0.6 is 11.3 Å². The number of nitrogens with zero attached hydrogens (tertiary/aromatic N) is 1. The second-order valence-electron chi connectivity index (χ2n) is 6.45. The molecule has 2 aliphatic rings. The summed E-state index contributed by atoms with van der Waals surface area (Å²) in [5.41, 5.74) is 2.39. The quantitative estimate of drug-likeness (QED) is 0.843. The van der Waals surface area contributed by atoms with Gasteiger partial charge in [0.1, 0.15) is 11.4 Å². The second kappa shape index (κ2) is 6.57. The number of nitrogens with one attached hydrogen (secondary N) is 1. The normalized spacial score (nSPS) is 16.5. The summed E-state index contributed by atoms with van der Waals surface area (Å²) >= 11 is 1.44. The Balaban J connectivity index is 1.49. The number of ether oxygens (including phenoxy) is 1. The number of thiophene rings is 1. The van der Waals surface area contributed by atoms with Crippen molar-refractivity contribution in [2.24, 2.45) is 0 Å². The Morgan fingerprint density at radius 2 is 2.08 bits per heavy atom. The summed E-state index contributed by atoms with van der Waals surface area (Å²) in [7, 11) is 0. The highest BCUT2D eigenvalue weighted by Gasteiger charge is 2.32. The molecule has 2 aromatic rings. The first kappa shape index (κ1) is 16.8. The fourth-order valence-electron chi connectivity index (χ4n) is 3.35. The lowest BCUT2D eigenvalue weighted by molar-refractivity contribution is -0.128. The molecule has 134 valence electrons. The highest BCUT2D eigenvalue weighted by atomic mass is 32.1. The number of fused-ring (bicyclic) bond motifs is 2. The van der Waals surface area contributed by atoms with Crippen molar-refractivity contribution in [3.8, 4) is 0 Å². The molecule has 1 aromatic carbocycles. The summed E-state index contributed by atoms with van der Waals surface area (Å²) in [5, 5.41) is 2.73. The lowest BCUT2D eigenvalue weighted by Crippen LogP contribution is -2.47. The number of carbonyl (C=O) groups excluding carboxylic acids is 3. The van der Waals surface area contributed by atoms with E-state index in [9.17, 15) is 14.4 Å². The monoisotopic (exact) mass is 370 g/mol. The highest BCUT2D eigenvalue weighted by molar-refractivity contribution is 7.14. The van der Waals surface area contributed by atoms with E-state index < -0.39 is 18.0 Å². The fourth-order valence-corrected chi connectivity index (χ4v) is 4.48. The van der Waals surface area contributed by atoms with Gasteiger partial charge in [-0.05, 0) is 49.9 Å². The van der Waals surface area contributed by atoms with Crippen LogP contribution in [0, 0.1) is 0 Å². The molecule has 2 heterocycles. The van der Waals surface area contributed by atoms with Gasteiger partial charge in [-0.1, -0.05) is 12.1 Å². The number of esters is 1. The molecule has 0 fully saturated rings. The van der Waals surface area contributed by atoms with Crippen LogP contribution < -0.4 is 10.2 Å².